The maximum atomic E-state index is 11.0. The molecule has 0 rings (SSSR count). The van der Waals surface area contributed by atoms with Crippen molar-refractivity contribution in [3.05, 3.63) is 12.2 Å². The van der Waals surface area contributed by atoms with Crippen LogP contribution in [0.3, 0.4) is 0 Å². The molecule has 0 spiro atoms. The molecule has 0 aliphatic carbocycles. The fraction of sp³-hybridized carbons (Fsp3) is 0.429. The summed E-state index contributed by atoms with van der Waals surface area (Å²) in [6.45, 7) is 3.69. The summed E-state index contributed by atoms with van der Waals surface area (Å²) in [6.07, 6.45) is 2.86. The van der Waals surface area contributed by atoms with Crippen LogP contribution in [0.5, 0.6) is 0 Å². The average Bonchev–Trinajstić information content (AvgIpc) is 1.88. The summed E-state index contributed by atoms with van der Waals surface area (Å²) in [4.78, 5) is 22.5. The molecule has 0 aromatic rings. The van der Waals surface area contributed by atoms with Gasteiger partial charge < -0.3 is 5.73 Å². The van der Waals surface area contributed by atoms with E-state index in [0.29, 0.717) is 6.54 Å². The second-order valence-corrected chi connectivity index (χ2v) is 1.92. The number of urea groups is 1. The van der Waals surface area contributed by atoms with Crippen LogP contribution in [0.1, 0.15) is 13.8 Å². The highest BCUT2D eigenvalue weighted by molar-refractivity contribution is 5.99. The highest BCUT2D eigenvalue weighted by Gasteiger charge is 2.12. The lowest BCUT2D eigenvalue weighted by molar-refractivity contribution is -0.123. The monoisotopic (exact) mass is 156 g/mol. The SMILES string of the molecule is CC=CC(=O)N(CC)C(N)=O. The molecule has 4 heteroatoms. The zero-order chi connectivity index (χ0) is 8.85. The maximum Gasteiger partial charge on any atom is 0.321 e. The fourth-order valence-electron chi connectivity index (χ4n) is 0.653. The van der Waals surface area contributed by atoms with E-state index >= 15 is 0 Å². The largest absolute Gasteiger partial charge is 0.351 e. The molecular formula is C7H12N2O2. The quantitative estimate of drug-likeness (QED) is 0.591. The maximum absolute atomic E-state index is 11.0. The summed E-state index contributed by atoms with van der Waals surface area (Å²) < 4.78 is 0. The highest BCUT2D eigenvalue weighted by Crippen LogP contribution is 1.89. The van der Waals surface area contributed by atoms with Gasteiger partial charge in [-0.05, 0) is 19.9 Å². The first-order chi connectivity index (χ1) is 5.13. The normalized spacial score (nSPS) is 10.0. The number of carbonyl (C=O) groups is 2. The minimum atomic E-state index is -0.712. The predicted molar refractivity (Wildman–Crippen MR) is 41.8 cm³/mol. The van der Waals surface area contributed by atoms with Crippen molar-refractivity contribution >= 4 is 11.9 Å². The van der Waals surface area contributed by atoms with Gasteiger partial charge in [0.25, 0.3) is 5.91 Å². The Kier molecular flexibility index (Phi) is 3.95. The zero-order valence-corrected chi connectivity index (χ0v) is 6.70. The zero-order valence-electron chi connectivity index (χ0n) is 6.70. The smallest absolute Gasteiger partial charge is 0.321 e. The summed E-state index contributed by atoms with van der Waals surface area (Å²) in [5.74, 6) is -0.373. The molecular weight excluding hydrogens is 144 g/mol. The van der Waals surface area contributed by atoms with Crippen LogP contribution in [0.15, 0.2) is 12.2 Å². The molecule has 0 saturated heterocycles. The lowest BCUT2D eigenvalue weighted by Gasteiger charge is -2.12. The van der Waals surface area contributed by atoms with Gasteiger partial charge in [-0.1, -0.05) is 6.08 Å². The summed E-state index contributed by atoms with van der Waals surface area (Å²) in [6, 6.07) is -0.712. The highest BCUT2D eigenvalue weighted by atomic mass is 16.2. The lowest BCUT2D eigenvalue weighted by Crippen LogP contribution is -2.39. The number of nitrogens with zero attached hydrogens (tertiary/aromatic N) is 1. The summed E-state index contributed by atoms with van der Waals surface area (Å²) in [5.41, 5.74) is 4.91. The van der Waals surface area contributed by atoms with E-state index in [2.05, 4.69) is 0 Å². The molecule has 0 aromatic carbocycles. The van der Waals surface area contributed by atoms with E-state index < -0.39 is 6.03 Å². The molecule has 0 aliphatic heterocycles. The number of amides is 3. The van der Waals surface area contributed by atoms with Gasteiger partial charge in [-0.15, -0.1) is 0 Å². The third kappa shape index (κ3) is 2.84. The Morgan fingerprint density at radius 2 is 2.09 bits per heavy atom. The number of hydrogen-bond acceptors (Lipinski definition) is 2. The number of imide groups is 1. The van der Waals surface area contributed by atoms with Gasteiger partial charge in [0.05, 0.1) is 0 Å². The van der Waals surface area contributed by atoms with Crippen LogP contribution >= 0.6 is 0 Å². The van der Waals surface area contributed by atoms with Crippen LogP contribution < -0.4 is 5.73 Å². The molecule has 4 nitrogen and oxygen atoms in total. The van der Waals surface area contributed by atoms with Crippen LogP contribution in [0.2, 0.25) is 0 Å². The molecule has 0 aliphatic rings. The van der Waals surface area contributed by atoms with Crippen molar-refractivity contribution in [2.45, 2.75) is 13.8 Å². The van der Waals surface area contributed by atoms with Crippen molar-refractivity contribution in [1.29, 1.82) is 0 Å². The van der Waals surface area contributed by atoms with E-state index in [9.17, 15) is 9.59 Å². The van der Waals surface area contributed by atoms with Gasteiger partial charge in [0.2, 0.25) is 0 Å². The van der Waals surface area contributed by atoms with Gasteiger partial charge in [-0.25, -0.2) is 4.79 Å². The fourth-order valence-corrected chi connectivity index (χ4v) is 0.653. The number of nitrogens with two attached hydrogens (primary N) is 1. The number of carbonyl (C=O) groups excluding carboxylic acids is 2. The molecule has 0 saturated carbocycles. The minimum absolute atomic E-state index is 0.304. The third-order valence-electron chi connectivity index (χ3n) is 1.16. The molecule has 62 valence electrons. The van der Waals surface area contributed by atoms with Gasteiger partial charge in [-0.2, -0.15) is 0 Å². The number of likely N-dealkylation sites (N-methyl/N-ethyl adjacent to an activating group) is 1. The van der Waals surface area contributed by atoms with Gasteiger partial charge in [0.1, 0.15) is 0 Å². The van der Waals surface area contributed by atoms with Gasteiger partial charge in [0, 0.05) is 6.54 Å². The van der Waals surface area contributed by atoms with E-state index in [1.165, 1.54) is 6.08 Å². The Labute approximate surface area is 65.7 Å². The van der Waals surface area contributed by atoms with Crippen LogP contribution in [0.25, 0.3) is 0 Å². The topological polar surface area (TPSA) is 63.4 Å². The molecule has 2 N–H and O–H groups in total. The van der Waals surface area contributed by atoms with Gasteiger partial charge >= 0.3 is 6.03 Å². The molecule has 0 bridgehead atoms. The lowest BCUT2D eigenvalue weighted by atomic mass is 10.4. The molecule has 0 fully saturated rings. The first-order valence-electron chi connectivity index (χ1n) is 3.37. The van der Waals surface area contributed by atoms with Crippen LogP contribution in [-0.4, -0.2) is 23.4 Å². The second-order valence-electron chi connectivity index (χ2n) is 1.92. The summed E-state index contributed by atoms with van der Waals surface area (Å²) >= 11 is 0. The molecule has 0 atom stereocenters. The standard InChI is InChI=1S/C7H12N2O2/c1-3-5-6(10)9(4-2)7(8)11/h3,5H,4H2,1-2H3,(H2,8,11). The first-order valence-corrected chi connectivity index (χ1v) is 3.37. The van der Waals surface area contributed by atoms with Crippen molar-refractivity contribution in [3.8, 4) is 0 Å². The Hall–Kier alpha value is -1.32. The summed E-state index contributed by atoms with van der Waals surface area (Å²) in [5, 5.41) is 0. The first kappa shape index (κ1) is 9.68. The van der Waals surface area contributed by atoms with Crippen molar-refractivity contribution in [3.63, 3.8) is 0 Å². The molecule has 0 radical (unpaired) electrons. The number of primary amides is 1. The Balaban J connectivity index is 4.26. The number of rotatable bonds is 2. The van der Waals surface area contributed by atoms with E-state index in [4.69, 9.17) is 5.73 Å². The predicted octanol–water partition coefficient (Wildman–Crippen LogP) is 0.490. The van der Waals surface area contributed by atoms with Gasteiger partial charge in [0.15, 0.2) is 0 Å². The van der Waals surface area contributed by atoms with Crippen molar-refractivity contribution in [2.24, 2.45) is 5.73 Å². The van der Waals surface area contributed by atoms with Gasteiger partial charge in [-0.3, -0.25) is 9.69 Å². The minimum Gasteiger partial charge on any atom is -0.351 e. The molecule has 0 heterocycles. The molecule has 11 heavy (non-hydrogen) atoms. The number of hydrogen-bond donors (Lipinski definition) is 1. The van der Waals surface area contributed by atoms with E-state index in [1.807, 2.05) is 0 Å². The third-order valence-corrected chi connectivity index (χ3v) is 1.16. The average molecular weight is 156 g/mol. The summed E-state index contributed by atoms with van der Waals surface area (Å²) in [7, 11) is 0. The van der Waals surface area contributed by atoms with Crippen LogP contribution in [0.4, 0.5) is 4.79 Å². The van der Waals surface area contributed by atoms with Crippen molar-refractivity contribution in [1.82, 2.24) is 4.90 Å². The molecule has 0 aromatic heterocycles. The van der Waals surface area contributed by atoms with E-state index in [1.54, 1.807) is 19.9 Å². The van der Waals surface area contributed by atoms with E-state index in [0.717, 1.165) is 4.90 Å². The van der Waals surface area contributed by atoms with Crippen LogP contribution in [0, 0.1) is 0 Å². The number of allylic oxidation sites excluding steroid dienone is 1. The Morgan fingerprint density at radius 1 is 1.55 bits per heavy atom. The second kappa shape index (κ2) is 4.49. The molecule has 0 unspecified atom stereocenters. The Morgan fingerprint density at radius 3 is 2.36 bits per heavy atom. The van der Waals surface area contributed by atoms with Crippen LogP contribution in [-0.2, 0) is 4.79 Å². The molecule has 3 amide bonds. The van der Waals surface area contributed by atoms with Crippen molar-refractivity contribution < 1.29 is 9.59 Å². The van der Waals surface area contributed by atoms with E-state index in [-0.39, 0.29) is 5.91 Å². The van der Waals surface area contributed by atoms with Crippen molar-refractivity contribution in [2.75, 3.05) is 6.54 Å². The Bertz CT molecular complexity index is 187.